The number of aromatic nitrogens is 1. The summed E-state index contributed by atoms with van der Waals surface area (Å²) in [5.74, 6) is 0.491. The number of para-hydroxylation sites is 1. The molecule has 3 aromatic rings. The van der Waals surface area contributed by atoms with Crippen molar-refractivity contribution in [3.8, 4) is 5.75 Å². The number of hydrogen-bond acceptors (Lipinski definition) is 5. The average molecular weight is 344 g/mol. The van der Waals surface area contributed by atoms with Gasteiger partial charge < -0.3 is 9.47 Å². The van der Waals surface area contributed by atoms with E-state index in [4.69, 9.17) is 9.47 Å². The fourth-order valence-electron chi connectivity index (χ4n) is 2.94. The topological polar surface area (TPSA) is 34.6 Å². The van der Waals surface area contributed by atoms with Gasteiger partial charge in [-0.3, -0.25) is 4.90 Å². The summed E-state index contributed by atoms with van der Waals surface area (Å²) in [7, 11) is 2.00. The summed E-state index contributed by atoms with van der Waals surface area (Å²) in [6.07, 6.45) is 0. The maximum absolute atomic E-state index is 13.8. The van der Waals surface area contributed by atoms with Gasteiger partial charge in [0.2, 0.25) is 0 Å². The zero-order valence-electron chi connectivity index (χ0n) is 13.3. The first kappa shape index (κ1) is 15.5. The maximum atomic E-state index is 13.8. The molecule has 24 heavy (non-hydrogen) atoms. The van der Waals surface area contributed by atoms with Crippen LogP contribution < -0.4 is 4.74 Å². The number of ether oxygens (including phenoxy) is 2. The van der Waals surface area contributed by atoms with Crippen molar-refractivity contribution in [1.82, 2.24) is 9.88 Å². The van der Waals surface area contributed by atoms with Gasteiger partial charge in [0.05, 0.1) is 23.4 Å². The quantitative estimate of drug-likeness (QED) is 0.718. The van der Waals surface area contributed by atoms with Gasteiger partial charge in [0, 0.05) is 17.7 Å². The van der Waals surface area contributed by atoms with Crippen LogP contribution in [-0.2, 0) is 24.4 Å². The fourth-order valence-corrected chi connectivity index (χ4v) is 3.99. The first-order valence-electron chi connectivity index (χ1n) is 7.74. The maximum Gasteiger partial charge on any atom is 0.189 e. The zero-order chi connectivity index (χ0) is 16.5. The summed E-state index contributed by atoms with van der Waals surface area (Å²) in [6, 6.07) is 11.1. The number of halogens is 1. The molecular weight excluding hydrogens is 327 g/mol. The Morgan fingerprint density at radius 2 is 2.12 bits per heavy atom. The average Bonchev–Trinajstić information content (AvgIpc) is 2.96. The third-order valence-corrected chi connectivity index (χ3v) is 4.96. The van der Waals surface area contributed by atoms with Gasteiger partial charge in [0.25, 0.3) is 0 Å². The lowest BCUT2D eigenvalue weighted by Crippen LogP contribution is -2.20. The Labute approximate surface area is 143 Å². The number of nitrogens with zero attached hydrogens (tertiary/aromatic N) is 2. The van der Waals surface area contributed by atoms with Crippen molar-refractivity contribution in [2.75, 3.05) is 13.8 Å². The molecule has 2 aromatic carbocycles. The lowest BCUT2D eigenvalue weighted by Gasteiger charge is -2.23. The van der Waals surface area contributed by atoms with Crippen LogP contribution in [0.3, 0.4) is 0 Å². The molecule has 0 spiro atoms. The monoisotopic (exact) mass is 344 g/mol. The predicted octanol–water partition coefficient (Wildman–Crippen LogP) is 3.93. The van der Waals surface area contributed by atoms with Gasteiger partial charge in [0.15, 0.2) is 6.79 Å². The molecule has 4 nitrogen and oxygen atoms in total. The second kappa shape index (κ2) is 6.47. The SMILES string of the molecule is CN(Cc1nc2ccccc2s1)Cc1cc(F)cc2c1OCOC2. The van der Waals surface area contributed by atoms with E-state index in [-0.39, 0.29) is 12.6 Å². The summed E-state index contributed by atoms with van der Waals surface area (Å²) in [4.78, 5) is 6.77. The van der Waals surface area contributed by atoms with E-state index < -0.39 is 0 Å². The number of benzene rings is 2. The highest BCUT2D eigenvalue weighted by Crippen LogP contribution is 2.31. The molecule has 0 saturated heterocycles. The summed E-state index contributed by atoms with van der Waals surface area (Å²) < 4.78 is 25.8. The second-order valence-corrected chi connectivity index (χ2v) is 7.03. The van der Waals surface area contributed by atoms with Gasteiger partial charge in [-0.05, 0) is 31.3 Å². The summed E-state index contributed by atoms with van der Waals surface area (Å²) in [6.45, 7) is 1.91. The van der Waals surface area contributed by atoms with Crippen LogP contribution in [0.5, 0.6) is 5.75 Å². The largest absolute Gasteiger partial charge is 0.467 e. The van der Waals surface area contributed by atoms with Crippen LogP contribution in [0, 0.1) is 5.82 Å². The Morgan fingerprint density at radius 3 is 3.00 bits per heavy atom. The molecule has 0 bridgehead atoms. The van der Waals surface area contributed by atoms with Crippen molar-refractivity contribution in [2.24, 2.45) is 0 Å². The molecule has 124 valence electrons. The van der Waals surface area contributed by atoms with Crippen LogP contribution in [0.1, 0.15) is 16.1 Å². The minimum absolute atomic E-state index is 0.215. The molecule has 0 atom stereocenters. The Kier molecular flexibility index (Phi) is 4.18. The van der Waals surface area contributed by atoms with E-state index in [1.807, 2.05) is 25.2 Å². The molecule has 0 radical (unpaired) electrons. The second-order valence-electron chi connectivity index (χ2n) is 5.91. The highest BCUT2D eigenvalue weighted by Gasteiger charge is 2.18. The third kappa shape index (κ3) is 3.13. The molecular formula is C18H17FN2O2S. The smallest absolute Gasteiger partial charge is 0.189 e. The van der Waals surface area contributed by atoms with E-state index in [1.165, 1.54) is 10.8 Å². The lowest BCUT2D eigenvalue weighted by molar-refractivity contribution is -0.0176. The molecule has 2 heterocycles. The Bertz CT molecular complexity index is 848. The normalized spacial score (nSPS) is 14.0. The van der Waals surface area contributed by atoms with Crippen molar-refractivity contribution < 1.29 is 13.9 Å². The van der Waals surface area contributed by atoms with E-state index in [0.717, 1.165) is 27.4 Å². The van der Waals surface area contributed by atoms with E-state index >= 15 is 0 Å². The molecule has 1 aliphatic rings. The van der Waals surface area contributed by atoms with E-state index in [2.05, 4.69) is 16.0 Å². The Morgan fingerprint density at radius 1 is 1.25 bits per heavy atom. The predicted molar refractivity (Wildman–Crippen MR) is 91.5 cm³/mol. The van der Waals surface area contributed by atoms with Gasteiger partial charge in [-0.15, -0.1) is 11.3 Å². The zero-order valence-corrected chi connectivity index (χ0v) is 14.1. The van der Waals surface area contributed by atoms with E-state index in [1.54, 1.807) is 17.4 Å². The number of thiazole rings is 1. The van der Waals surface area contributed by atoms with Crippen molar-refractivity contribution >= 4 is 21.6 Å². The highest BCUT2D eigenvalue weighted by molar-refractivity contribution is 7.18. The highest BCUT2D eigenvalue weighted by atomic mass is 32.1. The van der Waals surface area contributed by atoms with Crippen molar-refractivity contribution in [2.45, 2.75) is 19.7 Å². The standard InChI is InChI=1S/C18H17FN2O2S/c1-21(9-17-20-15-4-2-3-5-16(15)24-17)8-12-6-14(19)7-13-10-22-11-23-18(12)13/h2-7H,8-11H2,1H3. The molecule has 0 N–H and O–H groups in total. The minimum atomic E-state index is -0.258. The molecule has 1 aliphatic heterocycles. The van der Waals surface area contributed by atoms with Crippen LogP contribution in [-0.4, -0.2) is 23.7 Å². The van der Waals surface area contributed by atoms with E-state index in [9.17, 15) is 4.39 Å². The van der Waals surface area contributed by atoms with Crippen molar-refractivity contribution in [3.05, 3.63) is 58.3 Å². The molecule has 0 unspecified atom stereocenters. The molecule has 6 heteroatoms. The fraction of sp³-hybridized carbons (Fsp3) is 0.278. The van der Waals surface area contributed by atoms with Gasteiger partial charge in [-0.25, -0.2) is 9.37 Å². The minimum Gasteiger partial charge on any atom is -0.467 e. The van der Waals surface area contributed by atoms with Crippen LogP contribution in [0.4, 0.5) is 4.39 Å². The number of fused-ring (bicyclic) bond motifs is 2. The third-order valence-electron chi connectivity index (χ3n) is 3.94. The first-order chi connectivity index (χ1) is 11.7. The Balaban J connectivity index is 1.53. The molecule has 4 rings (SSSR count). The summed E-state index contributed by atoms with van der Waals surface area (Å²) in [5, 5.41) is 1.05. The number of hydrogen-bond donors (Lipinski definition) is 0. The number of rotatable bonds is 4. The van der Waals surface area contributed by atoms with Gasteiger partial charge >= 0.3 is 0 Å². The van der Waals surface area contributed by atoms with Crippen LogP contribution >= 0.6 is 11.3 Å². The first-order valence-corrected chi connectivity index (χ1v) is 8.55. The van der Waals surface area contributed by atoms with Crippen LogP contribution in [0.2, 0.25) is 0 Å². The molecule has 1 aromatic heterocycles. The van der Waals surface area contributed by atoms with Crippen molar-refractivity contribution in [1.29, 1.82) is 0 Å². The Hall–Kier alpha value is -2.02. The van der Waals surface area contributed by atoms with Crippen LogP contribution in [0.15, 0.2) is 36.4 Å². The summed E-state index contributed by atoms with van der Waals surface area (Å²) >= 11 is 1.69. The van der Waals surface area contributed by atoms with Gasteiger partial charge in [-0.2, -0.15) is 0 Å². The molecule has 0 amide bonds. The van der Waals surface area contributed by atoms with Gasteiger partial charge in [-0.1, -0.05) is 12.1 Å². The lowest BCUT2D eigenvalue weighted by atomic mass is 10.1. The van der Waals surface area contributed by atoms with Crippen molar-refractivity contribution in [3.63, 3.8) is 0 Å². The molecule has 0 saturated carbocycles. The van der Waals surface area contributed by atoms with Crippen LogP contribution in [0.25, 0.3) is 10.2 Å². The summed E-state index contributed by atoms with van der Waals surface area (Å²) in [5.41, 5.74) is 2.64. The van der Waals surface area contributed by atoms with E-state index in [0.29, 0.717) is 19.7 Å². The molecule has 0 aliphatic carbocycles. The van der Waals surface area contributed by atoms with Gasteiger partial charge in [0.1, 0.15) is 16.6 Å². The molecule has 0 fully saturated rings.